The smallest absolute Gasteiger partial charge is 0.340 e. The fraction of sp³-hybridized carbons (Fsp3) is 0.0476. The molecule has 0 spiro atoms. The Labute approximate surface area is 182 Å². The molecule has 3 N–H and O–H groups in total. The van der Waals surface area contributed by atoms with Crippen LogP contribution in [0.4, 0.5) is 11.4 Å². The third-order valence-corrected chi connectivity index (χ3v) is 5.70. The van der Waals surface area contributed by atoms with Gasteiger partial charge in [0.25, 0.3) is 15.7 Å². The summed E-state index contributed by atoms with van der Waals surface area (Å²) in [6.07, 6.45) is 0. The van der Waals surface area contributed by atoms with Crippen molar-refractivity contribution in [1.29, 1.82) is 0 Å². The zero-order chi connectivity index (χ0) is 23.3. The third kappa shape index (κ3) is 5.26. The molecule has 10 nitrogen and oxygen atoms in total. The number of sulfonamides is 1. The van der Waals surface area contributed by atoms with E-state index in [1.54, 1.807) is 12.1 Å². The summed E-state index contributed by atoms with van der Waals surface area (Å²) in [5.41, 5.74) is 5.60. The monoisotopic (exact) mass is 455 g/mol. The van der Waals surface area contributed by atoms with E-state index in [0.717, 1.165) is 6.07 Å². The average molecular weight is 455 g/mol. The first-order valence-electron chi connectivity index (χ1n) is 9.09. The zero-order valence-corrected chi connectivity index (χ0v) is 17.2. The first kappa shape index (κ1) is 22.4. The molecule has 0 aromatic heterocycles. The van der Waals surface area contributed by atoms with Crippen molar-refractivity contribution in [2.45, 2.75) is 11.5 Å². The number of hydrogen-bond acceptors (Lipinski definition) is 7. The number of rotatable bonds is 8. The van der Waals surface area contributed by atoms with Gasteiger partial charge in [-0.25, -0.2) is 13.2 Å². The first-order valence-corrected chi connectivity index (χ1v) is 10.6. The molecule has 0 aliphatic heterocycles. The fourth-order valence-electron chi connectivity index (χ4n) is 2.71. The number of carbonyl (C=O) groups is 2. The molecule has 0 fully saturated rings. The van der Waals surface area contributed by atoms with E-state index in [2.05, 4.69) is 4.72 Å². The van der Waals surface area contributed by atoms with Crippen LogP contribution < -0.4 is 10.5 Å². The van der Waals surface area contributed by atoms with Gasteiger partial charge in [0.15, 0.2) is 0 Å². The minimum absolute atomic E-state index is 0.0461. The first-order chi connectivity index (χ1) is 15.2. The number of nitrogens with zero attached hydrogens (tertiary/aromatic N) is 1. The minimum Gasteiger partial charge on any atom is -0.457 e. The predicted octanol–water partition coefficient (Wildman–Crippen LogP) is 2.85. The van der Waals surface area contributed by atoms with Crippen LogP contribution in [0.15, 0.2) is 77.7 Å². The molecule has 3 aromatic carbocycles. The highest BCUT2D eigenvalue weighted by molar-refractivity contribution is 7.92. The maximum Gasteiger partial charge on any atom is 0.340 e. The molecular weight excluding hydrogens is 438 g/mol. The molecule has 0 saturated heterocycles. The molecule has 1 amide bonds. The summed E-state index contributed by atoms with van der Waals surface area (Å²) in [6, 6.07) is 16.5. The van der Waals surface area contributed by atoms with E-state index in [1.165, 1.54) is 54.6 Å². The van der Waals surface area contributed by atoms with Crippen LogP contribution in [0, 0.1) is 10.1 Å². The van der Waals surface area contributed by atoms with Gasteiger partial charge in [0, 0.05) is 17.7 Å². The Morgan fingerprint density at radius 3 is 2.34 bits per heavy atom. The lowest BCUT2D eigenvalue weighted by molar-refractivity contribution is -0.385. The molecule has 164 valence electrons. The summed E-state index contributed by atoms with van der Waals surface area (Å²) in [5, 5.41) is 10.9. The van der Waals surface area contributed by atoms with Crippen LogP contribution in [-0.2, 0) is 21.4 Å². The van der Waals surface area contributed by atoms with Gasteiger partial charge in [0.2, 0.25) is 5.91 Å². The van der Waals surface area contributed by atoms with Gasteiger partial charge in [-0.15, -0.1) is 0 Å². The van der Waals surface area contributed by atoms with E-state index in [0.29, 0.717) is 11.1 Å². The summed E-state index contributed by atoms with van der Waals surface area (Å²) in [5.74, 6) is -1.38. The van der Waals surface area contributed by atoms with E-state index >= 15 is 0 Å². The van der Waals surface area contributed by atoms with Crippen molar-refractivity contribution >= 4 is 33.3 Å². The van der Waals surface area contributed by atoms with E-state index < -0.39 is 26.8 Å². The largest absolute Gasteiger partial charge is 0.457 e. The number of hydrogen-bond donors (Lipinski definition) is 2. The number of nitrogens with two attached hydrogens (primary N) is 1. The number of primary amides is 1. The van der Waals surface area contributed by atoms with Crippen LogP contribution in [0.2, 0.25) is 0 Å². The number of para-hydroxylation sites is 1. The molecule has 11 heteroatoms. The number of non-ortho nitro benzene ring substituents is 1. The predicted molar refractivity (Wildman–Crippen MR) is 114 cm³/mol. The van der Waals surface area contributed by atoms with Crippen molar-refractivity contribution in [3.8, 4) is 0 Å². The molecule has 0 heterocycles. The lowest BCUT2D eigenvalue weighted by Crippen LogP contribution is -2.16. The molecule has 0 unspecified atom stereocenters. The molecule has 0 atom stereocenters. The highest BCUT2D eigenvalue weighted by Crippen LogP contribution is 2.23. The highest BCUT2D eigenvalue weighted by atomic mass is 32.2. The summed E-state index contributed by atoms with van der Waals surface area (Å²) in [6.45, 7) is -0.121. The van der Waals surface area contributed by atoms with Gasteiger partial charge < -0.3 is 10.5 Å². The Bertz CT molecular complexity index is 1290. The van der Waals surface area contributed by atoms with Crippen molar-refractivity contribution in [2.75, 3.05) is 4.72 Å². The van der Waals surface area contributed by atoms with Gasteiger partial charge in [0.05, 0.1) is 21.1 Å². The number of anilines is 1. The van der Waals surface area contributed by atoms with Crippen LogP contribution in [0.5, 0.6) is 0 Å². The van der Waals surface area contributed by atoms with Gasteiger partial charge >= 0.3 is 5.97 Å². The van der Waals surface area contributed by atoms with Gasteiger partial charge in [-0.2, -0.15) is 0 Å². The van der Waals surface area contributed by atoms with E-state index in [4.69, 9.17) is 10.5 Å². The molecule has 32 heavy (non-hydrogen) atoms. The standard InChI is InChI=1S/C21H17N3O7S/c22-20(25)15-10-8-14(9-11-15)13-31-21(26)18-6-1-2-7-19(18)23-32(29,30)17-5-3-4-16(12-17)24(27)28/h1-12,23H,13H2,(H2,22,25). The SMILES string of the molecule is NC(=O)c1ccc(COC(=O)c2ccccc2NS(=O)(=O)c2cccc([N+](=O)[O-])c2)cc1. The van der Waals surface area contributed by atoms with Gasteiger partial charge in [-0.1, -0.05) is 30.3 Å². The summed E-state index contributed by atoms with van der Waals surface area (Å²) >= 11 is 0. The quantitative estimate of drug-likeness (QED) is 0.300. The lowest BCUT2D eigenvalue weighted by atomic mass is 10.1. The molecule has 3 aromatic rings. The fourth-order valence-corrected chi connectivity index (χ4v) is 3.83. The van der Waals surface area contributed by atoms with Gasteiger partial charge in [-0.05, 0) is 35.9 Å². The van der Waals surface area contributed by atoms with Crippen molar-refractivity contribution in [1.82, 2.24) is 0 Å². The minimum atomic E-state index is -4.21. The highest BCUT2D eigenvalue weighted by Gasteiger charge is 2.21. The number of benzene rings is 3. The molecular formula is C21H17N3O7S. The average Bonchev–Trinajstić information content (AvgIpc) is 2.78. The van der Waals surface area contributed by atoms with Crippen molar-refractivity contribution in [3.63, 3.8) is 0 Å². The van der Waals surface area contributed by atoms with Gasteiger partial charge in [0.1, 0.15) is 6.61 Å². The van der Waals surface area contributed by atoms with Crippen LogP contribution >= 0.6 is 0 Å². The number of ether oxygens (including phenoxy) is 1. The Morgan fingerprint density at radius 2 is 1.69 bits per heavy atom. The Morgan fingerprint density at radius 1 is 1.00 bits per heavy atom. The van der Waals surface area contributed by atoms with Crippen LogP contribution in [0.3, 0.4) is 0 Å². The molecule has 0 saturated carbocycles. The topological polar surface area (TPSA) is 159 Å². The van der Waals surface area contributed by atoms with Crippen molar-refractivity contribution in [3.05, 3.63) is 99.6 Å². The van der Waals surface area contributed by atoms with E-state index in [-0.39, 0.29) is 28.4 Å². The molecule has 0 bridgehead atoms. The molecule has 0 aliphatic carbocycles. The summed E-state index contributed by atoms with van der Waals surface area (Å²) in [7, 11) is -4.21. The number of carbonyl (C=O) groups excluding carboxylic acids is 2. The molecule has 0 radical (unpaired) electrons. The van der Waals surface area contributed by atoms with Gasteiger partial charge in [-0.3, -0.25) is 19.6 Å². The lowest BCUT2D eigenvalue weighted by Gasteiger charge is -2.12. The van der Waals surface area contributed by atoms with E-state index in [1.807, 2.05) is 0 Å². The number of amides is 1. The summed E-state index contributed by atoms with van der Waals surface area (Å²) in [4.78, 5) is 33.6. The van der Waals surface area contributed by atoms with Crippen molar-refractivity contribution < 1.29 is 27.7 Å². The number of nitrogens with one attached hydrogen (secondary N) is 1. The Kier molecular flexibility index (Phi) is 6.50. The number of esters is 1. The maximum absolute atomic E-state index is 12.7. The normalized spacial score (nSPS) is 10.9. The van der Waals surface area contributed by atoms with Crippen LogP contribution in [0.25, 0.3) is 0 Å². The van der Waals surface area contributed by atoms with Crippen LogP contribution in [0.1, 0.15) is 26.3 Å². The Hall–Kier alpha value is -4.25. The second kappa shape index (κ2) is 9.27. The zero-order valence-electron chi connectivity index (χ0n) is 16.4. The third-order valence-electron chi connectivity index (χ3n) is 4.34. The Balaban J connectivity index is 1.77. The number of nitro benzene ring substituents is 1. The number of nitro groups is 1. The molecule has 0 aliphatic rings. The second-order valence-electron chi connectivity index (χ2n) is 6.54. The molecule has 3 rings (SSSR count). The van der Waals surface area contributed by atoms with E-state index in [9.17, 15) is 28.1 Å². The maximum atomic E-state index is 12.7. The summed E-state index contributed by atoms with van der Waals surface area (Å²) < 4.78 is 32.9. The van der Waals surface area contributed by atoms with Crippen molar-refractivity contribution in [2.24, 2.45) is 5.73 Å². The second-order valence-corrected chi connectivity index (χ2v) is 8.23. The van der Waals surface area contributed by atoms with Crippen LogP contribution in [-0.4, -0.2) is 25.2 Å².